The second kappa shape index (κ2) is 3.26. The Morgan fingerprint density at radius 2 is 2.57 bits per heavy atom. The average molecular weight is 193 g/mol. The van der Waals surface area contributed by atoms with Crippen molar-refractivity contribution in [3.8, 4) is 12.3 Å². The van der Waals surface area contributed by atoms with Crippen molar-refractivity contribution in [3.05, 3.63) is 0 Å². The molecule has 0 aromatic carbocycles. The van der Waals surface area contributed by atoms with E-state index in [2.05, 4.69) is 11.2 Å². The topological polar surface area (TPSA) is 58.4 Å². The van der Waals surface area contributed by atoms with E-state index >= 15 is 0 Å². The van der Waals surface area contributed by atoms with Crippen molar-refractivity contribution in [2.24, 2.45) is 5.73 Å². The summed E-state index contributed by atoms with van der Waals surface area (Å²) in [5, 5.41) is 3.44. The first-order valence-electron chi connectivity index (χ1n) is 4.91. The minimum atomic E-state index is -0.307. The fourth-order valence-electron chi connectivity index (χ4n) is 2.59. The lowest BCUT2D eigenvalue weighted by molar-refractivity contribution is -0.122. The Morgan fingerprint density at radius 1 is 1.79 bits per heavy atom. The third-order valence-corrected chi connectivity index (χ3v) is 3.17. The number of amides is 1. The number of terminal acetylenes is 1. The van der Waals surface area contributed by atoms with Crippen molar-refractivity contribution < 1.29 is 4.79 Å². The summed E-state index contributed by atoms with van der Waals surface area (Å²) < 4.78 is 0. The van der Waals surface area contributed by atoms with Gasteiger partial charge in [0.25, 0.3) is 0 Å². The highest BCUT2D eigenvalue weighted by atomic mass is 16.1. The van der Waals surface area contributed by atoms with Crippen LogP contribution in [-0.4, -0.2) is 42.0 Å². The van der Waals surface area contributed by atoms with Crippen molar-refractivity contribution in [1.82, 2.24) is 10.2 Å². The van der Waals surface area contributed by atoms with E-state index in [0.29, 0.717) is 0 Å². The number of hydrogen-bond donors (Lipinski definition) is 2. The molecule has 2 unspecified atom stereocenters. The molecule has 76 valence electrons. The van der Waals surface area contributed by atoms with E-state index in [1.165, 1.54) is 6.42 Å². The smallest absolute Gasteiger partial charge is 0.231 e. The third-order valence-electron chi connectivity index (χ3n) is 3.17. The Balaban J connectivity index is 2.01. The molecule has 14 heavy (non-hydrogen) atoms. The van der Waals surface area contributed by atoms with Gasteiger partial charge in [-0.3, -0.25) is 9.69 Å². The molecule has 2 heterocycles. The molecule has 2 aliphatic heterocycles. The molecule has 0 aromatic heterocycles. The molecule has 0 radical (unpaired) electrons. The molecule has 0 saturated carbocycles. The Bertz CT molecular complexity index is 288. The van der Waals surface area contributed by atoms with E-state index < -0.39 is 0 Å². The van der Waals surface area contributed by atoms with Crippen molar-refractivity contribution in [1.29, 1.82) is 0 Å². The first-order chi connectivity index (χ1) is 6.68. The molecule has 2 rings (SSSR count). The van der Waals surface area contributed by atoms with Gasteiger partial charge in [0.15, 0.2) is 0 Å². The largest absolute Gasteiger partial charge is 0.369 e. The Morgan fingerprint density at radius 3 is 3.07 bits per heavy atom. The van der Waals surface area contributed by atoms with Crippen LogP contribution in [0.5, 0.6) is 0 Å². The predicted octanol–water partition coefficient (Wildman–Crippen LogP) is -1.09. The van der Waals surface area contributed by atoms with Crippen LogP contribution in [0.15, 0.2) is 0 Å². The van der Waals surface area contributed by atoms with Gasteiger partial charge in [0.2, 0.25) is 5.91 Å². The lowest BCUT2D eigenvalue weighted by Gasteiger charge is -2.53. The molecule has 0 aromatic rings. The van der Waals surface area contributed by atoms with Crippen LogP contribution in [0.2, 0.25) is 0 Å². The minimum absolute atomic E-state index is 0.0394. The fourth-order valence-corrected chi connectivity index (χ4v) is 2.59. The van der Waals surface area contributed by atoms with Crippen LogP contribution >= 0.6 is 0 Å². The zero-order valence-electron chi connectivity index (χ0n) is 8.12. The number of rotatable bonds is 2. The van der Waals surface area contributed by atoms with Gasteiger partial charge in [-0.05, 0) is 19.4 Å². The Labute approximate surface area is 83.8 Å². The second-order valence-electron chi connectivity index (χ2n) is 4.13. The van der Waals surface area contributed by atoms with E-state index in [9.17, 15) is 4.79 Å². The fraction of sp³-hybridized carbons (Fsp3) is 0.700. The maximum Gasteiger partial charge on any atom is 0.231 e. The SMILES string of the molecule is C#CC1N(CC(N)=O)CC12CCCN2. The molecule has 2 aliphatic rings. The van der Waals surface area contributed by atoms with E-state index in [0.717, 1.165) is 19.5 Å². The summed E-state index contributed by atoms with van der Waals surface area (Å²) in [5.74, 6) is 2.44. The van der Waals surface area contributed by atoms with Gasteiger partial charge >= 0.3 is 0 Å². The molecule has 1 spiro atoms. The summed E-state index contributed by atoms with van der Waals surface area (Å²) in [5.41, 5.74) is 5.21. The van der Waals surface area contributed by atoms with Gasteiger partial charge in [-0.2, -0.15) is 0 Å². The highest BCUT2D eigenvalue weighted by Gasteiger charge is 2.53. The summed E-state index contributed by atoms with van der Waals surface area (Å²) in [6.07, 6.45) is 7.75. The van der Waals surface area contributed by atoms with Crippen molar-refractivity contribution in [2.75, 3.05) is 19.6 Å². The summed E-state index contributed by atoms with van der Waals surface area (Å²) in [6.45, 7) is 2.16. The zero-order valence-corrected chi connectivity index (χ0v) is 8.12. The van der Waals surface area contributed by atoms with E-state index in [-0.39, 0.29) is 24.0 Å². The first kappa shape index (κ1) is 9.50. The van der Waals surface area contributed by atoms with Gasteiger partial charge in [0.05, 0.1) is 18.1 Å². The van der Waals surface area contributed by atoms with Crippen LogP contribution in [0.3, 0.4) is 0 Å². The van der Waals surface area contributed by atoms with Gasteiger partial charge in [-0.25, -0.2) is 0 Å². The van der Waals surface area contributed by atoms with Crippen molar-refractivity contribution >= 4 is 5.91 Å². The minimum Gasteiger partial charge on any atom is -0.369 e. The van der Waals surface area contributed by atoms with Gasteiger partial charge in [0.1, 0.15) is 0 Å². The lowest BCUT2D eigenvalue weighted by atomic mass is 9.79. The highest BCUT2D eigenvalue weighted by Crippen LogP contribution is 2.35. The monoisotopic (exact) mass is 193 g/mol. The van der Waals surface area contributed by atoms with Gasteiger partial charge in [0, 0.05) is 6.54 Å². The highest BCUT2D eigenvalue weighted by molar-refractivity contribution is 5.76. The molecule has 4 heteroatoms. The molecule has 4 nitrogen and oxygen atoms in total. The number of primary amides is 1. The maximum atomic E-state index is 10.8. The Kier molecular flexibility index (Phi) is 2.22. The van der Waals surface area contributed by atoms with Crippen LogP contribution in [-0.2, 0) is 4.79 Å². The summed E-state index contributed by atoms with van der Waals surface area (Å²) in [4.78, 5) is 12.7. The van der Waals surface area contributed by atoms with Crippen LogP contribution in [0.25, 0.3) is 0 Å². The molecule has 0 bridgehead atoms. The molecule has 3 N–H and O–H groups in total. The standard InChI is InChI=1S/C10H15N3O/c1-2-8-10(4-3-5-12-10)7-13(8)6-9(11)14/h1,8,12H,3-7H2,(H2,11,14). The second-order valence-corrected chi connectivity index (χ2v) is 4.13. The van der Waals surface area contributed by atoms with Crippen molar-refractivity contribution in [2.45, 2.75) is 24.4 Å². The van der Waals surface area contributed by atoms with E-state index in [1.807, 2.05) is 4.90 Å². The number of nitrogens with one attached hydrogen (secondary N) is 1. The molecular formula is C10H15N3O. The van der Waals surface area contributed by atoms with Crippen LogP contribution in [0.4, 0.5) is 0 Å². The molecule has 0 aliphatic carbocycles. The maximum absolute atomic E-state index is 10.8. The number of nitrogens with zero attached hydrogens (tertiary/aromatic N) is 1. The first-order valence-corrected chi connectivity index (χ1v) is 4.91. The van der Waals surface area contributed by atoms with Gasteiger partial charge in [-0.15, -0.1) is 6.42 Å². The lowest BCUT2D eigenvalue weighted by Crippen LogP contribution is -2.74. The summed E-state index contributed by atoms with van der Waals surface area (Å²) in [7, 11) is 0. The van der Waals surface area contributed by atoms with Crippen LogP contribution in [0.1, 0.15) is 12.8 Å². The molecule has 1 amide bonds. The number of nitrogens with two attached hydrogens (primary N) is 1. The number of carbonyl (C=O) groups is 1. The predicted molar refractivity (Wildman–Crippen MR) is 53.4 cm³/mol. The zero-order chi connectivity index (χ0) is 10.2. The summed E-state index contributed by atoms with van der Waals surface area (Å²) in [6, 6.07) is 0.0394. The van der Waals surface area contributed by atoms with E-state index in [1.54, 1.807) is 0 Å². The summed E-state index contributed by atoms with van der Waals surface area (Å²) >= 11 is 0. The average Bonchev–Trinajstić information content (AvgIpc) is 2.53. The van der Waals surface area contributed by atoms with Crippen molar-refractivity contribution in [3.63, 3.8) is 0 Å². The molecule has 2 atom stereocenters. The number of carbonyl (C=O) groups excluding carboxylic acids is 1. The van der Waals surface area contributed by atoms with E-state index in [4.69, 9.17) is 12.2 Å². The van der Waals surface area contributed by atoms with Gasteiger partial charge in [-0.1, -0.05) is 5.92 Å². The quantitative estimate of drug-likeness (QED) is 0.548. The van der Waals surface area contributed by atoms with Crippen LogP contribution in [0, 0.1) is 12.3 Å². The van der Waals surface area contributed by atoms with Crippen LogP contribution < -0.4 is 11.1 Å². The van der Waals surface area contributed by atoms with Gasteiger partial charge < -0.3 is 11.1 Å². The normalized spacial score (nSPS) is 36.6. The third kappa shape index (κ3) is 1.29. The number of likely N-dealkylation sites (tertiary alicyclic amines) is 1. The Hall–Kier alpha value is -1.05. The number of hydrogen-bond acceptors (Lipinski definition) is 3. The molecular weight excluding hydrogens is 178 g/mol. The molecule has 2 saturated heterocycles. The molecule has 2 fully saturated rings.